The molecular formula is C25H29ClN4O4. The van der Waals surface area contributed by atoms with Crippen molar-refractivity contribution in [1.29, 1.82) is 0 Å². The summed E-state index contributed by atoms with van der Waals surface area (Å²) in [6.45, 7) is 3.89. The van der Waals surface area contributed by atoms with Crippen LogP contribution in [0.15, 0.2) is 36.4 Å². The average molecular weight is 485 g/mol. The average Bonchev–Trinajstić information content (AvgIpc) is 2.87. The minimum atomic E-state index is -0.243. The number of rotatable bonds is 8. The number of anilines is 2. The van der Waals surface area contributed by atoms with E-state index in [4.69, 9.17) is 35.8 Å². The fourth-order valence-electron chi connectivity index (χ4n) is 4.05. The summed E-state index contributed by atoms with van der Waals surface area (Å²) in [5, 5.41) is 3.40. The Morgan fingerprint density at radius 1 is 1.15 bits per heavy atom. The molecule has 8 nitrogen and oxygen atoms in total. The predicted molar refractivity (Wildman–Crippen MR) is 133 cm³/mol. The molecule has 1 fully saturated rings. The molecule has 1 atom stereocenters. The Kier molecular flexibility index (Phi) is 7.57. The van der Waals surface area contributed by atoms with Crippen LogP contribution in [-0.4, -0.2) is 49.8 Å². The van der Waals surface area contributed by atoms with Crippen LogP contribution in [0.25, 0.3) is 11.0 Å². The highest BCUT2D eigenvalue weighted by Crippen LogP contribution is 2.37. The lowest BCUT2D eigenvalue weighted by Crippen LogP contribution is -2.41. The number of fused-ring (bicyclic) bond motifs is 1. The summed E-state index contributed by atoms with van der Waals surface area (Å²) in [5.74, 6) is 1.78. The van der Waals surface area contributed by atoms with Gasteiger partial charge in [0.15, 0.2) is 5.82 Å². The second kappa shape index (κ2) is 10.8. The Hall–Kier alpha value is -3.26. The molecule has 1 amide bonds. The standard InChI is InChI=1S/C25H29ClN4O4/c1-4-12-34-25-23(27-18-9-5-6-10-19(18)29-25)30-11-7-8-16(15-30)24(31)28-20-14-21(32-2)17(26)13-22(20)33-3/h5-6,9-10,13-14,16H,4,7-8,11-12,15H2,1-3H3,(H,28,31). The van der Waals surface area contributed by atoms with Crippen molar-refractivity contribution in [2.45, 2.75) is 26.2 Å². The van der Waals surface area contributed by atoms with Gasteiger partial charge in [0.25, 0.3) is 5.88 Å². The summed E-state index contributed by atoms with van der Waals surface area (Å²) < 4.78 is 16.6. The summed E-state index contributed by atoms with van der Waals surface area (Å²) >= 11 is 6.20. The van der Waals surface area contributed by atoms with Crippen molar-refractivity contribution >= 4 is 40.0 Å². The molecule has 1 saturated heterocycles. The quantitative estimate of drug-likeness (QED) is 0.484. The fourth-order valence-corrected chi connectivity index (χ4v) is 4.28. The van der Waals surface area contributed by atoms with Gasteiger partial charge in [-0.05, 0) is 31.4 Å². The topological polar surface area (TPSA) is 85.8 Å². The van der Waals surface area contributed by atoms with Crippen molar-refractivity contribution in [2.75, 3.05) is 44.1 Å². The molecule has 1 aromatic heterocycles. The smallest absolute Gasteiger partial charge is 0.258 e. The molecule has 0 radical (unpaired) electrons. The van der Waals surface area contributed by atoms with Gasteiger partial charge in [-0.2, -0.15) is 0 Å². The zero-order chi connectivity index (χ0) is 24.1. The molecule has 0 spiro atoms. The summed E-state index contributed by atoms with van der Waals surface area (Å²) in [5.41, 5.74) is 2.10. The Labute approximate surface area is 204 Å². The van der Waals surface area contributed by atoms with Gasteiger partial charge in [0.1, 0.15) is 11.5 Å². The van der Waals surface area contributed by atoms with E-state index in [1.54, 1.807) is 12.1 Å². The van der Waals surface area contributed by atoms with Gasteiger partial charge in [0.05, 0.1) is 48.5 Å². The second-order valence-corrected chi connectivity index (χ2v) is 8.56. The summed E-state index contributed by atoms with van der Waals surface area (Å²) in [7, 11) is 3.06. The van der Waals surface area contributed by atoms with E-state index in [1.165, 1.54) is 14.2 Å². The number of carbonyl (C=O) groups excluding carboxylic acids is 1. The normalized spacial score (nSPS) is 15.8. The zero-order valence-electron chi connectivity index (χ0n) is 19.6. The van der Waals surface area contributed by atoms with Crippen molar-refractivity contribution in [3.05, 3.63) is 41.4 Å². The highest BCUT2D eigenvalue weighted by atomic mass is 35.5. The van der Waals surface area contributed by atoms with Crippen molar-refractivity contribution in [1.82, 2.24) is 9.97 Å². The van der Waals surface area contributed by atoms with Crippen molar-refractivity contribution in [3.8, 4) is 17.4 Å². The maximum absolute atomic E-state index is 13.2. The lowest BCUT2D eigenvalue weighted by atomic mass is 9.97. The number of hydrogen-bond acceptors (Lipinski definition) is 7. The Balaban J connectivity index is 1.57. The van der Waals surface area contributed by atoms with Crippen LogP contribution in [0.4, 0.5) is 11.5 Å². The number of para-hydroxylation sites is 2. The number of nitrogens with one attached hydrogen (secondary N) is 1. The molecule has 34 heavy (non-hydrogen) atoms. The Morgan fingerprint density at radius 3 is 2.59 bits per heavy atom. The van der Waals surface area contributed by atoms with Crippen LogP contribution in [0.2, 0.25) is 5.02 Å². The largest absolute Gasteiger partial charge is 0.495 e. The van der Waals surface area contributed by atoms with Crippen LogP contribution in [0.1, 0.15) is 26.2 Å². The van der Waals surface area contributed by atoms with Gasteiger partial charge in [-0.25, -0.2) is 9.97 Å². The molecule has 2 heterocycles. The van der Waals surface area contributed by atoms with E-state index >= 15 is 0 Å². The number of benzene rings is 2. The number of methoxy groups -OCH3 is 2. The molecule has 3 aromatic rings. The molecule has 4 rings (SSSR count). The van der Waals surface area contributed by atoms with Crippen LogP contribution in [-0.2, 0) is 4.79 Å². The molecule has 1 N–H and O–H groups in total. The number of ether oxygens (including phenoxy) is 3. The second-order valence-electron chi connectivity index (χ2n) is 8.15. The van der Waals surface area contributed by atoms with E-state index in [2.05, 4.69) is 17.1 Å². The number of nitrogens with zero attached hydrogens (tertiary/aromatic N) is 3. The molecule has 0 saturated carbocycles. The number of halogens is 1. The van der Waals surface area contributed by atoms with E-state index < -0.39 is 0 Å². The van der Waals surface area contributed by atoms with Crippen molar-refractivity contribution < 1.29 is 19.0 Å². The fraction of sp³-hybridized carbons (Fsp3) is 0.400. The van der Waals surface area contributed by atoms with Crippen molar-refractivity contribution in [2.24, 2.45) is 5.92 Å². The van der Waals surface area contributed by atoms with Gasteiger partial charge in [-0.1, -0.05) is 30.7 Å². The van der Waals surface area contributed by atoms with Crippen LogP contribution in [0, 0.1) is 5.92 Å². The summed E-state index contributed by atoms with van der Waals surface area (Å²) in [6, 6.07) is 11.0. The first-order valence-electron chi connectivity index (χ1n) is 11.4. The van der Waals surface area contributed by atoms with Gasteiger partial charge >= 0.3 is 0 Å². The first kappa shape index (κ1) is 23.9. The molecule has 2 aromatic carbocycles. The maximum Gasteiger partial charge on any atom is 0.258 e. The number of amides is 1. The van der Waals surface area contributed by atoms with E-state index in [0.29, 0.717) is 47.1 Å². The molecule has 180 valence electrons. The predicted octanol–water partition coefficient (Wildman–Crippen LogP) is 4.94. The lowest BCUT2D eigenvalue weighted by molar-refractivity contribution is -0.120. The van der Waals surface area contributed by atoms with Gasteiger partial charge in [-0.3, -0.25) is 4.79 Å². The van der Waals surface area contributed by atoms with Gasteiger partial charge in [-0.15, -0.1) is 0 Å². The molecule has 1 aliphatic heterocycles. The zero-order valence-corrected chi connectivity index (χ0v) is 20.4. The van der Waals surface area contributed by atoms with Gasteiger partial charge < -0.3 is 24.4 Å². The number of carbonyl (C=O) groups is 1. The number of hydrogen-bond donors (Lipinski definition) is 1. The highest BCUT2D eigenvalue weighted by Gasteiger charge is 2.29. The maximum atomic E-state index is 13.2. The molecule has 1 unspecified atom stereocenters. The van der Waals surface area contributed by atoms with Gasteiger partial charge in [0.2, 0.25) is 5.91 Å². The van der Waals surface area contributed by atoms with Gasteiger partial charge in [0, 0.05) is 25.2 Å². The third kappa shape index (κ3) is 5.12. The number of piperidine rings is 1. The lowest BCUT2D eigenvalue weighted by Gasteiger charge is -2.33. The first-order chi connectivity index (χ1) is 16.5. The molecular weight excluding hydrogens is 456 g/mol. The minimum absolute atomic E-state index is 0.0999. The molecule has 1 aliphatic rings. The first-order valence-corrected chi connectivity index (χ1v) is 11.8. The molecule has 0 aliphatic carbocycles. The van der Waals surface area contributed by atoms with Crippen LogP contribution in [0.5, 0.6) is 17.4 Å². The van der Waals surface area contributed by atoms with E-state index in [9.17, 15) is 4.79 Å². The van der Waals surface area contributed by atoms with Crippen LogP contribution in [0.3, 0.4) is 0 Å². The van der Waals surface area contributed by atoms with Crippen molar-refractivity contribution in [3.63, 3.8) is 0 Å². The Bertz CT molecular complexity index is 1170. The van der Waals surface area contributed by atoms with E-state index in [0.717, 1.165) is 36.8 Å². The summed E-state index contributed by atoms with van der Waals surface area (Å²) in [4.78, 5) is 24.9. The summed E-state index contributed by atoms with van der Waals surface area (Å²) in [6.07, 6.45) is 2.48. The number of aromatic nitrogens is 2. The third-order valence-corrected chi connectivity index (χ3v) is 6.08. The molecule has 9 heteroatoms. The van der Waals surface area contributed by atoms with Crippen LogP contribution >= 0.6 is 11.6 Å². The van der Waals surface area contributed by atoms with E-state index in [1.807, 2.05) is 24.3 Å². The van der Waals surface area contributed by atoms with E-state index in [-0.39, 0.29) is 11.8 Å². The SMILES string of the molecule is CCCOc1nc2ccccc2nc1N1CCCC(C(=O)Nc2cc(OC)c(Cl)cc2OC)C1. The highest BCUT2D eigenvalue weighted by molar-refractivity contribution is 6.32. The minimum Gasteiger partial charge on any atom is -0.495 e. The molecule has 0 bridgehead atoms. The third-order valence-electron chi connectivity index (χ3n) is 5.79. The Morgan fingerprint density at radius 2 is 1.88 bits per heavy atom. The monoisotopic (exact) mass is 484 g/mol. The van der Waals surface area contributed by atoms with Crippen LogP contribution < -0.4 is 24.4 Å².